The molecule has 3 rings (SSSR count). The van der Waals surface area contributed by atoms with Crippen molar-refractivity contribution >= 4 is 10.9 Å². The average molecular weight is 268 g/mol. The van der Waals surface area contributed by atoms with Gasteiger partial charge >= 0.3 is 0 Å². The summed E-state index contributed by atoms with van der Waals surface area (Å²) in [5.41, 5.74) is 8.85. The molecule has 1 aromatic carbocycles. The number of hydrogen-bond acceptors (Lipinski definition) is 2. The molecular formula is C18H24N2. The summed E-state index contributed by atoms with van der Waals surface area (Å²) < 4.78 is 0. The van der Waals surface area contributed by atoms with E-state index in [9.17, 15) is 0 Å². The summed E-state index contributed by atoms with van der Waals surface area (Å²) in [6, 6.07) is 11.1. The monoisotopic (exact) mass is 268 g/mol. The van der Waals surface area contributed by atoms with Gasteiger partial charge in [0, 0.05) is 17.6 Å². The van der Waals surface area contributed by atoms with Gasteiger partial charge in [-0.2, -0.15) is 0 Å². The van der Waals surface area contributed by atoms with Crippen molar-refractivity contribution in [2.45, 2.75) is 45.1 Å². The second-order valence-corrected chi connectivity index (χ2v) is 6.54. The lowest BCUT2D eigenvalue weighted by Gasteiger charge is -2.36. The van der Waals surface area contributed by atoms with E-state index in [4.69, 9.17) is 5.73 Å². The molecule has 106 valence electrons. The number of nitrogens with zero attached hydrogens (tertiary/aromatic N) is 1. The van der Waals surface area contributed by atoms with Crippen molar-refractivity contribution in [3.05, 3.63) is 42.1 Å². The summed E-state index contributed by atoms with van der Waals surface area (Å²) in [5.74, 6) is 2.05. The summed E-state index contributed by atoms with van der Waals surface area (Å²) in [6.45, 7) is 4.67. The quantitative estimate of drug-likeness (QED) is 0.890. The molecule has 1 aliphatic carbocycles. The first-order chi connectivity index (χ1) is 9.65. The van der Waals surface area contributed by atoms with Gasteiger partial charge < -0.3 is 5.73 Å². The molecule has 0 amide bonds. The fourth-order valence-electron chi connectivity index (χ4n) is 3.53. The molecule has 0 spiro atoms. The number of hydrogen-bond donors (Lipinski definition) is 1. The topological polar surface area (TPSA) is 38.9 Å². The van der Waals surface area contributed by atoms with Gasteiger partial charge in [0.1, 0.15) is 0 Å². The van der Waals surface area contributed by atoms with Gasteiger partial charge in [0.25, 0.3) is 0 Å². The number of rotatable bonds is 2. The normalized spacial score (nSPS) is 27.1. The third kappa shape index (κ3) is 2.57. The lowest BCUT2D eigenvalue weighted by molar-refractivity contribution is 0.232. The van der Waals surface area contributed by atoms with E-state index in [-0.39, 0.29) is 0 Å². The van der Waals surface area contributed by atoms with Crippen LogP contribution in [0.5, 0.6) is 0 Å². The molecule has 3 atom stereocenters. The molecule has 1 heterocycles. The van der Waals surface area contributed by atoms with Crippen LogP contribution in [0.3, 0.4) is 0 Å². The molecule has 0 radical (unpaired) electrons. The van der Waals surface area contributed by atoms with E-state index >= 15 is 0 Å². The van der Waals surface area contributed by atoms with Gasteiger partial charge in [-0.05, 0) is 54.7 Å². The van der Waals surface area contributed by atoms with Crippen molar-refractivity contribution in [2.75, 3.05) is 0 Å². The van der Waals surface area contributed by atoms with Crippen LogP contribution in [0.15, 0.2) is 36.5 Å². The molecule has 1 aliphatic rings. The summed E-state index contributed by atoms with van der Waals surface area (Å²) in [5, 5.41) is 1.21. The van der Waals surface area contributed by atoms with Gasteiger partial charge in [-0.25, -0.2) is 0 Å². The highest BCUT2D eigenvalue weighted by atomic mass is 14.7. The Kier molecular flexibility index (Phi) is 3.75. The van der Waals surface area contributed by atoms with Crippen molar-refractivity contribution in [2.24, 2.45) is 17.6 Å². The van der Waals surface area contributed by atoms with Crippen LogP contribution in [0.2, 0.25) is 0 Å². The number of fused-ring (bicyclic) bond motifs is 1. The number of benzene rings is 1. The maximum absolute atomic E-state index is 6.40. The third-order valence-electron chi connectivity index (χ3n) is 4.95. The zero-order chi connectivity index (χ0) is 14.1. The fourth-order valence-corrected chi connectivity index (χ4v) is 3.53. The van der Waals surface area contributed by atoms with Crippen LogP contribution in [0.4, 0.5) is 0 Å². The lowest BCUT2D eigenvalue weighted by atomic mass is 9.71. The SMILES string of the molecule is CC(C)C1CCC(N)C(c2ccc3cccnc3c2)C1. The molecule has 0 saturated heterocycles. The molecule has 0 bridgehead atoms. The van der Waals surface area contributed by atoms with Crippen LogP contribution >= 0.6 is 0 Å². The highest BCUT2D eigenvalue weighted by Gasteiger charge is 2.30. The van der Waals surface area contributed by atoms with Crippen molar-refractivity contribution in [1.82, 2.24) is 4.98 Å². The molecule has 2 aromatic rings. The molecule has 2 heteroatoms. The van der Waals surface area contributed by atoms with Gasteiger partial charge in [-0.15, -0.1) is 0 Å². The Bertz CT molecular complexity index is 591. The first kappa shape index (κ1) is 13.6. The average Bonchev–Trinajstić information content (AvgIpc) is 2.47. The Morgan fingerprint density at radius 1 is 1.20 bits per heavy atom. The first-order valence-corrected chi connectivity index (χ1v) is 7.75. The largest absolute Gasteiger partial charge is 0.327 e. The highest BCUT2D eigenvalue weighted by Crippen LogP contribution is 2.39. The van der Waals surface area contributed by atoms with Crippen molar-refractivity contribution in [3.8, 4) is 0 Å². The predicted octanol–water partition coefficient (Wildman–Crippen LogP) is 4.10. The summed E-state index contributed by atoms with van der Waals surface area (Å²) in [6.07, 6.45) is 5.51. The van der Waals surface area contributed by atoms with Crippen LogP contribution < -0.4 is 5.73 Å². The van der Waals surface area contributed by atoms with Gasteiger partial charge in [0.2, 0.25) is 0 Å². The molecular weight excluding hydrogens is 244 g/mol. The van der Waals surface area contributed by atoms with E-state index in [1.165, 1.54) is 23.8 Å². The number of nitrogens with two attached hydrogens (primary N) is 1. The summed E-state index contributed by atoms with van der Waals surface area (Å²) in [4.78, 5) is 4.48. The zero-order valence-corrected chi connectivity index (χ0v) is 12.4. The molecule has 20 heavy (non-hydrogen) atoms. The Labute approximate surface area is 121 Å². The van der Waals surface area contributed by atoms with Gasteiger partial charge in [-0.1, -0.05) is 32.0 Å². The van der Waals surface area contributed by atoms with E-state index in [1.807, 2.05) is 12.3 Å². The maximum atomic E-state index is 6.40. The van der Waals surface area contributed by atoms with E-state index in [0.29, 0.717) is 12.0 Å². The van der Waals surface area contributed by atoms with Crippen LogP contribution in [-0.2, 0) is 0 Å². The van der Waals surface area contributed by atoms with Crippen molar-refractivity contribution in [3.63, 3.8) is 0 Å². The second kappa shape index (κ2) is 5.53. The Morgan fingerprint density at radius 3 is 2.85 bits per heavy atom. The molecule has 1 aromatic heterocycles. The van der Waals surface area contributed by atoms with Crippen LogP contribution in [0.25, 0.3) is 10.9 Å². The number of aromatic nitrogens is 1. The Balaban J connectivity index is 1.91. The Hall–Kier alpha value is -1.41. The highest BCUT2D eigenvalue weighted by molar-refractivity contribution is 5.79. The molecule has 1 saturated carbocycles. The fraction of sp³-hybridized carbons (Fsp3) is 0.500. The van der Waals surface area contributed by atoms with Crippen LogP contribution in [0, 0.1) is 11.8 Å². The Morgan fingerprint density at radius 2 is 2.05 bits per heavy atom. The lowest BCUT2D eigenvalue weighted by Crippen LogP contribution is -2.35. The standard InChI is InChI=1S/C18H24N2/c1-12(2)14-7-8-17(19)16(10-14)15-6-5-13-4-3-9-20-18(13)11-15/h3-6,9,11-12,14,16-17H,7-8,10,19H2,1-2H3. The number of pyridine rings is 1. The van der Waals surface area contributed by atoms with Crippen molar-refractivity contribution in [1.29, 1.82) is 0 Å². The minimum absolute atomic E-state index is 0.297. The van der Waals surface area contributed by atoms with E-state index in [1.54, 1.807) is 0 Å². The summed E-state index contributed by atoms with van der Waals surface area (Å²) in [7, 11) is 0. The maximum Gasteiger partial charge on any atom is 0.0704 e. The zero-order valence-electron chi connectivity index (χ0n) is 12.4. The van der Waals surface area contributed by atoms with Crippen LogP contribution in [-0.4, -0.2) is 11.0 Å². The van der Waals surface area contributed by atoms with Gasteiger partial charge in [-0.3, -0.25) is 4.98 Å². The minimum atomic E-state index is 0.297. The molecule has 2 nitrogen and oxygen atoms in total. The van der Waals surface area contributed by atoms with Gasteiger partial charge in [0.05, 0.1) is 5.52 Å². The first-order valence-electron chi connectivity index (χ1n) is 7.75. The predicted molar refractivity (Wildman–Crippen MR) is 84.6 cm³/mol. The van der Waals surface area contributed by atoms with E-state index in [2.05, 4.69) is 43.1 Å². The molecule has 1 fully saturated rings. The van der Waals surface area contributed by atoms with Crippen molar-refractivity contribution < 1.29 is 0 Å². The second-order valence-electron chi connectivity index (χ2n) is 6.54. The molecule has 0 aliphatic heterocycles. The minimum Gasteiger partial charge on any atom is -0.327 e. The van der Waals surface area contributed by atoms with E-state index < -0.39 is 0 Å². The van der Waals surface area contributed by atoms with E-state index in [0.717, 1.165) is 23.8 Å². The molecule has 2 N–H and O–H groups in total. The third-order valence-corrected chi connectivity index (χ3v) is 4.95. The van der Waals surface area contributed by atoms with Gasteiger partial charge in [0.15, 0.2) is 0 Å². The smallest absolute Gasteiger partial charge is 0.0704 e. The molecule has 3 unspecified atom stereocenters. The van der Waals surface area contributed by atoms with Crippen LogP contribution in [0.1, 0.15) is 44.6 Å². The summed E-state index contributed by atoms with van der Waals surface area (Å²) >= 11 is 0.